The van der Waals surface area contributed by atoms with Gasteiger partial charge in [0, 0.05) is 5.56 Å². The van der Waals surface area contributed by atoms with Gasteiger partial charge < -0.3 is 9.73 Å². The molecule has 3 rings (SSSR count). The van der Waals surface area contributed by atoms with Gasteiger partial charge in [0.15, 0.2) is 0 Å². The van der Waals surface area contributed by atoms with E-state index in [1.165, 1.54) is 0 Å². The largest absolute Gasteiger partial charge is 0.464 e. The van der Waals surface area contributed by atoms with Crippen LogP contribution in [0.2, 0.25) is 0 Å². The van der Waals surface area contributed by atoms with E-state index in [1.54, 1.807) is 30.5 Å². The van der Waals surface area contributed by atoms with Crippen molar-refractivity contribution in [3.63, 3.8) is 0 Å². The minimum atomic E-state index is -0.577. The number of amides is 1. The second-order valence-electron chi connectivity index (χ2n) is 3.52. The Morgan fingerprint density at radius 3 is 2.75 bits per heavy atom. The van der Waals surface area contributed by atoms with E-state index in [-0.39, 0.29) is 0 Å². The standard InChI is InChI=1S/C12H7NO3/c14-11-8-4-3-7(10-2-1-5-16-10)6-9(8)13-12(11)15/h1-6H,(H,13,14,15). The van der Waals surface area contributed by atoms with E-state index in [1.807, 2.05) is 6.07 Å². The van der Waals surface area contributed by atoms with E-state index in [4.69, 9.17) is 4.42 Å². The number of carbonyl (C=O) groups excluding carboxylic acids is 2. The van der Waals surface area contributed by atoms with Crippen LogP contribution in [-0.4, -0.2) is 11.7 Å². The van der Waals surface area contributed by atoms with Gasteiger partial charge in [0.2, 0.25) is 0 Å². The predicted molar refractivity (Wildman–Crippen MR) is 57.1 cm³/mol. The van der Waals surface area contributed by atoms with Crippen molar-refractivity contribution in [2.24, 2.45) is 0 Å². The zero-order valence-electron chi connectivity index (χ0n) is 8.19. The Morgan fingerprint density at radius 1 is 1.12 bits per heavy atom. The Kier molecular flexibility index (Phi) is 1.71. The molecule has 0 atom stereocenters. The van der Waals surface area contributed by atoms with Crippen molar-refractivity contribution in [1.82, 2.24) is 0 Å². The molecule has 0 bridgehead atoms. The Bertz CT molecular complexity index is 584. The Morgan fingerprint density at radius 2 is 2.00 bits per heavy atom. The predicted octanol–water partition coefficient (Wildman–Crippen LogP) is 2.08. The molecule has 1 N–H and O–H groups in total. The van der Waals surface area contributed by atoms with Gasteiger partial charge in [-0.2, -0.15) is 0 Å². The van der Waals surface area contributed by atoms with Crippen molar-refractivity contribution in [2.75, 3.05) is 5.32 Å². The van der Waals surface area contributed by atoms with Crippen molar-refractivity contribution in [3.8, 4) is 11.3 Å². The summed E-state index contributed by atoms with van der Waals surface area (Å²) in [5, 5.41) is 2.52. The van der Waals surface area contributed by atoms with Crippen LogP contribution in [0.25, 0.3) is 11.3 Å². The SMILES string of the molecule is O=C1Nc2cc(-c3ccco3)ccc2C1=O. The third-order valence-electron chi connectivity index (χ3n) is 2.52. The number of carbonyl (C=O) groups is 2. The number of benzene rings is 1. The van der Waals surface area contributed by atoms with E-state index in [9.17, 15) is 9.59 Å². The quantitative estimate of drug-likeness (QED) is 0.738. The molecular weight excluding hydrogens is 206 g/mol. The third-order valence-corrected chi connectivity index (χ3v) is 2.52. The molecule has 78 valence electrons. The summed E-state index contributed by atoms with van der Waals surface area (Å²) in [6, 6.07) is 8.73. The zero-order valence-corrected chi connectivity index (χ0v) is 8.19. The number of rotatable bonds is 1. The second kappa shape index (κ2) is 3.06. The van der Waals surface area contributed by atoms with Gasteiger partial charge in [-0.15, -0.1) is 0 Å². The van der Waals surface area contributed by atoms with Gasteiger partial charge in [-0.05, 0) is 24.3 Å². The van der Waals surface area contributed by atoms with E-state index < -0.39 is 11.7 Å². The van der Waals surface area contributed by atoms with Crippen molar-refractivity contribution >= 4 is 17.4 Å². The normalized spacial score (nSPS) is 13.8. The first kappa shape index (κ1) is 8.91. The van der Waals surface area contributed by atoms with Gasteiger partial charge in [-0.25, -0.2) is 0 Å². The van der Waals surface area contributed by atoms with Gasteiger partial charge in [-0.1, -0.05) is 6.07 Å². The summed E-state index contributed by atoms with van der Waals surface area (Å²) in [6.07, 6.45) is 1.58. The lowest BCUT2D eigenvalue weighted by Gasteiger charge is -2.00. The number of hydrogen-bond acceptors (Lipinski definition) is 3. The molecule has 0 saturated heterocycles. The maximum Gasteiger partial charge on any atom is 0.296 e. The van der Waals surface area contributed by atoms with Gasteiger partial charge >= 0.3 is 0 Å². The second-order valence-corrected chi connectivity index (χ2v) is 3.52. The van der Waals surface area contributed by atoms with E-state index in [0.29, 0.717) is 17.0 Å². The first-order chi connectivity index (χ1) is 7.75. The molecular formula is C12H7NO3. The van der Waals surface area contributed by atoms with Crippen LogP contribution in [0.4, 0.5) is 5.69 Å². The molecule has 0 aliphatic carbocycles. The molecule has 0 spiro atoms. The van der Waals surface area contributed by atoms with Gasteiger partial charge in [0.05, 0.1) is 17.5 Å². The number of furan rings is 1. The highest BCUT2D eigenvalue weighted by Crippen LogP contribution is 2.29. The maximum atomic E-state index is 11.4. The number of fused-ring (bicyclic) bond motifs is 1. The fourth-order valence-electron chi connectivity index (χ4n) is 1.74. The Hall–Kier alpha value is -2.36. The molecule has 1 amide bonds. The van der Waals surface area contributed by atoms with Crippen LogP contribution in [0.5, 0.6) is 0 Å². The highest BCUT2D eigenvalue weighted by Gasteiger charge is 2.27. The van der Waals surface area contributed by atoms with Crippen LogP contribution < -0.4 is 5.32 Å². The van der Waals surface area contributed by atoms with Gasteiger partial charge in [0.25, 0.3) is 11.7 Å². The lowest BCUT2D eigenvalue weighted by molar-refractivity contribution is -0.112. The third kappa shape index (κ3) is 1.16. The fraction of sp³-hybridized carbons (Fsp3) is 0. The summed E-state index contributed by atoms with van der Waals surface area (Å²) in [5.74, 6) is -0.357. The minimum absolute atomic E-state index is 0.417. The molecule has 4 nitrogen and oxygen atoms in total. The lowest BCUT2D eigenvalue weighted by Crippen LogP contribution is -2.12. The molecule has 0 saturated carbocycles. The maximum absolute atomic E-state index is 11.4. The average Bonchev–Trinajstić information content (AvgIpc) is 2.88. The molecule has 2 aromatic rings. The molecule has 1 aliphatic rings. The van der Waals surface area contributed by atoms with Crippen LogP contribution in [0.3, 0.4) is 0 Å². The summed E-state index contributed by atoms with van der Waals surface area (Å²) >= 11 is 0. The number of ketones is 1. The highest BCUT2D eigenvalue weighted by molar-refractivity contribution is 6.51. The molecule has 0 radical (unpaired) electrons. The molecule has 0 unspecified atom stereocenters. The van der Waals surface area contributed by atoms with E-state index >= 15 is 0 Å². The summed E-state index contributed by atoms with van der Waals surface area (Å²) in [7, 11) is 0. The zero-order chi connectivity index (χ0) is 11.1. The minimum Gasteiger partial charge on any atom is -0.464 e. The van der Waals surface area contributed by atoms with Crippen LogP contribution >= 0.6 is 0 Å². The van der Waals surface area contributed by atoms with Gasteiger partial charge in [0.1, 0.15) is 5.76 Å². The topological polar surface area (TPSA) is 59.3 Å². The molecule has 1 aliphatic heterocycles. The fourth-order valence-corrected chi connectivity index (χ4v) is 1.74. The molecule has 2 heterocycles. The van der Waals surface area contributed by atoms with Crippen molar-refractivity contribution in [3.05, 3.63) is 42.2 Å². The highest BCUT2D eigenvalue weighted by atomic mass is 16.3. The average molecular weight is 213 g/mol. The van der Waals surface area contributed by atoms with Crippen molar-refractivity contribution < 1.29 is 14.0 Å². The smallest absolute Gasteiger partial charge is 0.296 e. The van der Waals surface area contributed by atoms with E-state index in [0.717, 1.165) is 5.56 Å². The van der Waals surface area contributed by atoms with Crippen molar-refractivity contribution in [2.45, 2.75) is 0 Å². The van der Waals surface area contributed by atoms with Crippen LogP contribution in [0.15, 0.2) is 41.0 Å². The van der Waals surface area contributed by atoms with Crippen LogP contribution in [0, 0.1) is 0 Å². The van der Waals surface area contributed by atoms with E-state index in [2.05, 4.69) is 5.32 Å². The monoisotopic (exact) mass is 213 g/mol. The molecule has 1 aromatic heterocycles. The molecule has 1 aromatic carbocycles. The Balaban J connectivity index is 2.12. The summed E-state index contributed by atoms with van der Waals surface area (Å²) in [6.45, 7) is 0. The number of anilines is 1. The molecule has 0 fully saturated rings. The van der Waals surface area contributed by atoms with Crippen molar-refractivity contribution in [1.29, 1.82) is 0 Å². The lowest BCUT2D eigenvalue weighted by atomic mass is 10.1. The van der Waals surface area contributed by atoms with Gasteiger partial charge in [-0.3, -0.25) is 9.59 Å². The summed E-state index contributed by atoms with van der Waals surface area (Å²) < 4.78 is 5.24. The number of nitrogens with one attached hydrogen (secondary N) is 1. The molecule has 4 heteroatoms. The first-order valence-electron chi connectivity index (χ1n) is 4.79. The first-order valence-corrected chi connectivity index (χ1v) is 4.79. The Labute approximate surface area is 90.9 Å². The molecule has 16 heavy (non-hydrogen) atoms. The van der Waals surface area contributed by atoms with Crippen LogP contribution in [0.1, 0.15) is 10.4 Å². The summed E-state index contributed by atoms with van der Waals surface area (Å²) in [4.78, 5) is 22.5. The number of hydrogen-bond donors (Lipinski definition) is 1. The summed E-state index contributed by atoms with van der Waals surface area (Å²) in [5.41, 5.74) is 1.79. The van der Waals surface area contributed by atoms with Crippen LogP contribution in [-0.2, 0) is 4.79 Å². The number of Topliss-reactive ketones (excluding diaryl/α,β-unsaturated/α-hetero) is 1.